The van der Waals surface area contributed by atoms with Gasteiger partial charge in [0.2, 0.25) is 0 Å². The van der Waals surface area contributed by atoms with Crippen LogP contribution in [0.3, 0.4) is 0 Å². The third kappa shape index (κ3) is 15.6. The Bertz CT molecular complexity index is 342. The SMILES string of the molecule is COC(=O)/C=C\C(=O)OC.COC([SiH3])(CCCOCCCN)OC. The molecule has 0 saturated heterocycles. The number of carbonyl (C=O) groups is 2. The van der Waals surface area contributed by atoms with Crippen LogP contribution in [0.5, 0.6) is 0 Å². The summed E-state index contributed by atoms with van der Waals surface area (Å²) in [4.78, 5) is 20.6. The quantitative estimate of drug-likeness (QED) is 0.169. The van der Waals surface area contributed by atoms with E-state index in [4.69, 9.17) is 19.9 Å². The first-order chi connectivity index (χ1) is 11.4. The minimum absolute atomic E-state index is 0.336. The predicted molar refractivity (Wildman–Crippen MR) is 93.6 cm³/mol. The van der Waals surface area contributed by atoms with Gasteiger partial charge in [-0.2, -0.15) is 0 Å². The van der Waals surface area contributed by atoms with Gasteiger partial charge < -0.3 is 29.4 Å². The maximum absolute atomic E-state index is 10.3. The summed E-state index contributed by atoms with van der Waals surface area (Å²) >= 11 is 0. The maximum Gasteiger partial charge on any atom is 0.330 e. The van der Waals surface area contributed by atoms with Gasteiger partial charge in [-0.1, -0.05) is 0 Å². The Morgan fingerprint density at radius 2 is 1.42 bits per heavy atom. The third-order valence-corrected chi connectivity index (χ3v) is 4.35. The number of esters is 2. The van der Waals surface area contributed by atoms with Crippen molar-refractivity contribution in [3.05, 3.63) is 12.2 Å². The number of nitrogens with two attached hydrogens (primary N) is 1. The summed E-state index contributed by atoms with van der Waals surface area (Å²) in [6.45, 7) is 2.21. The minimum Gasteiger partial charge on any atom is -0.466 e. The highest BCUT2D eigenvalue weighted by atomic mass is 28.1. The van der Waals surface area contributed by atoms with Crippen LogP contribution in [0, 0.1) is 0 Å². The van der Waals surface area contributed by atoms with Crippen LogP contribution in [0.2, 0.25) is 0 Å². The van der Waals surface area contributed by atoms with Gasteiger partial charge in [-0.15, -0.1) is 0 Å². The molecule has 0 aliphatic rings. The van der Waals surface area contributed by atoms with E-state index < -0.39 is 11.9 Å². The number of hydrogen-bond acceptors (Lipinski definition) is 8. The molecular weight excluding hydrogens is 334 g/mol. The molecule has 0 aliphatic heterocycles. The Morgan fingerprint density at radius 3 is 1.79 bits per heavy atom. The van der Waals surface area contributed by atoms with Gasteiger partial charge in [0, 0.05) is 39.6 Å². The fourth-order valence-electron chi connectivity index (χ4n) is 1.34. The first-order valence-electron chi connectivity index (χ1n) is 7.61. The molecule has 0 amide bonds. The average molecular weight is 365 g/mol. The van der Waals surface area contributed by atoms with Gasteiger partial charge in [-0.3, -0.25) is 0 Å². The fourth-order valence-corrected chi connectivity index (χ4v) is 1.70. The molecule has 0 heterocycles. The van der Waals surface area contributed by atoms with Crippen LogP contribution >= 0.6 is 0 Å². The zero-order valence-electron chi connectivity index (χ0n) is 15.3. The van der Waals surface area contributed by atoms with Crippen molar-refractivity contribution in [2.24, 2.45) is 5.73 Å². The molecule has 2 N–H and O–H groups in total. The lowest BCUT2D eigenvalue weighted by atomic mass is 10.3. The smallest absolute Gasteiger partial charge is 0.330 e. The molecule has 0 radical (unpaired) electrons. The molecule has 0 spiro atoms. The Morgan fingerprint density at radius 1 is 0.958 bits per heavy atom. The molecule has 0 aliphatic carbocycles. The van der Waals surface area contributed by atoms with E-state index in [1.54, 1.807) is 14.2 Å². The molecule has 0 rings (SSSR count). The molecule has 0 saturated carbocycles. The monoisotopic (exact) mass is 365 g/mol. The molecule has 0 atom stereocenters. The van der Waals surface area contributed by atoms with Crippen LogP contribution < -0.4 is 5.73 Å². The summed E-state index contributed by atoms with van der Waals surface area (Å²) in [5.74, 6) is -1.16. The Kier molecular flexibility index (Phi) is 17.3. The van der Waals surface area contributed by atoms with E-state index in [0.29, 0.717) is 6.54 Å². The fraction of sp³-hybridized carbons (Fsp3) is 0.733. The second kappa shape index (κ2) is 16.6. The summed E-state index contributed by atoms with van der Waals surface area (Å²) in [6.07, 6.45) is 4.78. The van der Waals surface area contributed by atoms with Crippen LogP contribution in [0.1, 0.15) is 19.3 Å². The molecule has 142 valence electrons. The second-order valence-electron chi connectivity index (χ2n) is 4.78. The summed E-state index contributed by atoms with van der Waals surface area (Å²) in [5.41, 5.74) is 5.01. The van der Waals surface area contributed by atoms with Crippen molar-refractivity contribution in [3.63, 3.8) is 0 Å². The first kappa shape index (κ1) is 25.0. The predicted octanol–water partition coefficient (Wildman–Crippen LogP) is -0.667. The summed E-state index contributed by atoms with van der Waals surface area (Å²) in [5, 5.41) is 0. The van der Waals surface area contributed by atoms with Gasteiger partial charge in [0.15, 0.2) is 0 Å². The zero-order chi connectivity index (χ0) is 18.8. The number of rotatable bonds is 11. The number of carbonyl (C=O) groups excluding carboxylic acids is 2. The van der Waals surface area contributed by atoms with Gasteiger partial charge in [0.05, 0.1) is 24.5 Å². The lowest BCUT2D eigenvalue weighted by Crippen LogP contribution is -2.34. The molecule has 0 aromatic rings. The maximum atomic E-state index is 10.3. The van der Waals surface area contributed by atoms with Crippen LogP contribution in [-0.2, 0) is 33.3 Å². The van der Waals surface area contributed by atoms with Crippen LogP contribution in [0.15, 0.2) is 12.2 Å². The van der Waals surface area contributed by atoms with Crippen LogP contribution in [0.4, 0.5) is 0 Å². The lowest BCUT2D eigenvalue weighted by molar-refractivity contribution is -0.148. The van der Waals surface area contributed by atoms with Crippen molar-refractivity contribution in [1.29, 1.82) is 0 Å². The van der Waals surface area contributed by atoms with Gasteiger partial charge in [-0.25, -0.2) is 9.59 Å². The van der Waals surface area contributed by atoms with E-state index in [0.717, 1.165) is 54.9 Å². The normalized spacial score (nSPS) is 11.0. The topological polar surface area (TPSA) is 106 Å². The average Bonchev–Trinajstić information content (AvgIpc) is 2.62. The van der Waals surface area contributed by atoms with Crippen molar-refractivity contribution < 1.29 is 33.3 Å². The summed E-state index contributed by atoms with van der Waals surface area (Å²) in [7, 11) is 6.69. The Hall–Kier alpha value is -1.26. The van der Waals surface area contributed by atoms with E-state index in [2.05, 4.69) is 9.47 Å². The highest BCUT2D eigenvalue weighted by Crippen LogP contribution is 2.13. The zero-order valence-corrected chi connectivity index (χ0v) is 17.3. The molecule has 0 fully saturated rings. The van der Waals surface area contributed by atoms with Crippen LogP contribution in [-0.4, -0.2) is 75.8 Å². The lowest BCUT2D eigenvalue weighted by Gasteiger charge is -2.26. The van der Waals surface area contributed by atoms with Gasteiger partial charge in [0.1, 0.15) is 5.41 Å². The van der Waals surface area contributed by atoms with Gasteiger partial charge in [-0.05, 0) is 25.8 Å². The van der Waals surface area contributed by atoms with Crippen molar-refractivity contribution >= 4 is 22.2 Å². The summed E-state index contributed by atoms with van der Waals surface area (Å²) < 4.78 is 24.4. The molecule has 9 heteroatoms. The number of ether oxygens (including phenoxy) is 5. The van der Waals surface area contributed by atoms with Crippen molar-refractivity contribution in [3.8, 4) is 0 Å². The first-order valence-corrected chi connectivity index (χ1v) is 8.61. The molecular formula is C15H31NO7Si. The number of methoxy groups -OCH3 is 4. The van der Waals surface area contributed by atoms with Crippen LogP contribution in [0.25, 0.3) is 0 Å². The van der Waals surface area contributed by atoms with Gasteiger partial charge >= 0.3 is 11.9 Å². The van der Waals surface area contributed by atoms with E-state index in [1.165, 1.54) is 14.2 Å². The van der Waals surface area contributed by atoms with Crippen molar-refractivity contribution in [2.45, 2.75) is 24.7 Å². The van der Waals surface area contributed by atoms with E-state index in [1.807, 2.05) is 0 Å². The second-order valence-corrected chi connectivity index (χ2v) is 6.30. The van der Waals surface area contributed by atoms with Crippen molar-refractivity contribution in [2.75, 3.05) is 48.2 Å². The minimum atomic E-state index is -0.578. The van der Waals surface area contributed by atoms with E-state index in [-0.39, 0.29) is 5.41 Å². The molecule has 0 bridgehead atoms. The highest BCUT2D eigenvalue weighted by Gasteiger charge is 2.20. The Balaban J connectivity index is 0. The molecule has 0 aromatic carbocycles. The van der Waals surface area contributed by atoms with E-state index in [9.17, 15) is 9.59 Å². The number of hydrogen-bond donors (Lipinski definition) is 1. The molecule has 24 heavy (non-hydrogen) atoms. The molecule has 0 unspecified atom stereocenters. The standard InChI is InChI=1S/C9H23NO3Si.C6H8O4/c1-11-9(14,12-2)5-3-7-13-8-4-6-10;1-9-5(7)3-4-6(8)10-2/h3-8,10H2,1-2,14H3;3-4H,1-2H3/b;4-3-. The summed E-state index contributed by atoms with van der Waals surface area (Å²) in [6, 6.07) is 0. The Labute approximate surface area is 147 Å². The third-order valence-electron chi connectivity index (χ3n) is 3.03. The van der Waals surface area contributed by atoms with Crippen molar-refractivity contribution in [1.82, 2.24) is 0 Å². The highest BCUT2D eigenvalue weighted by molar-refractivity contribution is 6.13. The molecule has 8 nitrogen and oxygen atoms in total. The molecule has 0 aromatic heterocycles. The van der Waals surface area contributed by atoms with Gasteiger partial charge in [0.25, 0.3) is 0 Å². The van der Waals surface area contributed by atoms with E-state index >= 15 is 0 Å². The largest absolute Gasteiger partial charge is 0.466 e.